The van der Waals surface area contributed by atoms with E-state index < -0.39 is 35.4 Å². The lowest BCUT2D eigenvalue weighted by molar-refractivity contribution is -0.138. The summed E-state index contributed by atoms with van der Waals surface area (Å²) in [5.41, 5.74) is -0.350. The Kier molecular flexibility index (Phi) is 8.97. The molecule has 2 heterocycles. The van der Waals surface area contributed by atoms with E-state index in [1.54, 1.807) is 44.8 Å². The van der Waals surface area contributed by atoms with Gasteiger partial charge < -0.3 is 15.4 Å². The van der Waals surface area contributed by atoms with Crippen molar-refractivity contribution in [2.45, 2.75) is 45.0 Å². The van der Waals surface area contributed by atoms with Crippen LogP contribution in [0.25, 0.3) is 11.3 Å². The van der Waals surface area contributed by atoms with Gasteiger partial charge in [-0.1, -0.05) is 29.8 Å². The zero-order valence-corrected chi connectivity index (χ0v) is 23.5. The zero-order chi connectivity index (χ0) is 27.5. The first kappa shape index (κ1) is 29.0. The average Bonchev–Trinajstić information content (AvgIpc) is 3.31. The molecule has 2 aromatic heterocycles. The predicted molar refractivity (Wildman–Crippen MR) is 140 cm³/mol. The lowest BCUT2D eigenvalue weighted by Gasteiger charge is -2.23. The number of halogens is 5. The van der Waals surface area contributed by atoms with Gasteiger partial charge in [0.2, 0.25) is 0 Å². The number of hydrogen-bond acceptors (Lipinski definition) is 5. The predicted octanol–water partition coefficient (Wildman–Crippen LogP) is 6.45. The SMILES string of the molecule is Cn1ncc(Br)c1-c1cc(C(=O)N[C@H](CNC(=O)OC(C)(C)C)Cc2ccccc2C(F)(F)F)sc1Cl. The topological polar surface area (TPSA) is 85.3 Å². The lowest BCUT2D eigenvalue weighted by atomic mass is 9.99. The molecule has 0 aliphatic carbocycles. The Morgan fingerprint density at radius 2 is 1.92 bits per heavy atom. The summed E-state index contributed by atoms with van der Waals surface area (Å²) in [4.78, 5) is 25.6. The van der Waals surface area contributed by atoms with Crippen LogP contribution in [0.2, 0.25) is 4.34 Å². The number of amides is 2. The number of alkyl carbamates (subject to hydrolysis) is 1. The number of benzene rings is 1. The third-order valence-electron chi connectivity index (χ3n) is 5.08. The highest BCUT2D eigenvalue weighted by Crippen LogP contribution is 2.39. The number of alkyl halides is 3. The second-order valence-electron chi connectivity index (χ2n) is 9.17. The van der Waals surface area contributed by atoms with Crippen LogP contribution in [0.3, 0.4) is 0 Å². The van der Waals surface area contributed by atoms with Crippen LogP contribution in [0.5, 0.6) is 0 Å². The molecule has 2 amide bonds. The molecule has 200 valence electrons. The molecule has 0 unspecified atom stereocenters. The third kappa shape index (κ3) is 7.71. The molecule has 13 heteroatoms. The summed E-state index contributed by atoms with van der Waals surface area (Å²) in [6.07, 6.45) is -3.91. The van der Waals surface area contributed by atoms with Crippen molar-refractivity contribution in [2.75, 3.05) is 6.54 Å². The smallest absolute Gasteiger partial charge is 0.416 e. The van der Waals surface area contributed by atoms with Gasteiger partial charge in [-0.25, -0.2) is 4.79 Å². The maximum absolute atomic E-state index is 13.6. The maximum Gasteiger partial charge on any atom is 0.416 e. The van der Waals surface area contributed by atoms with Crippen LogP contribution in [0, 0.1) is 0 Å². The fraction of sp³-hybridized carbons (Fsp3) is 0.375. The van der Waals surface area contributed by atoms with Crippen LogP contribution in [0.4, 0.5) is 18.0 Å². The quantitative estimate of drug-likeness (QED) is 0.318. The summed E-state index contributed by atoms with van der Waals surface area (Å²) in [5, 5.41) is 9.41. The number of aryl methyl sites for hydroxylation is 1. The second kappa shape index (κ2) is 11.4. The molecule has 3 aromatic rings. The van der Waals surface area contributed by atoms with Gasteiger partial charge in [0.05, 0.1) is 32.8 Å². The van der Waals surface area contributed by atoms with E-state index in [4.69, 9.17) is 16.3 Å². The van der Waals surface area contributed by atoms with Gasteiger partial charge >= 0.3 is 12.3 Å². The molecule has 2 N–H and O–H groups in total. The van der Waals surface area contributed by atoms with Crippen molar-refractivity contribution in [3.63, 3.8) is 0 Å². The largest absolute Gasteiger partial charge is 0.444 e. The van der Waals surface area contributed by atoms with E-state index in [0.29, 0.717) is 20.1 Å². The first-order valence-electron chi connectivity index (χ1n) is 11.1. The van der Waals surface area contributed by atoms with Crippen LogP contribution in [-0.2, 0) is 24.4 Å². The van der Waals surface area contributed by atoms with Crippen molar-refractivity contribution in [3.8, 4) is 11.3 Å². The van der Waals surface area contributed by atoms with E-state index in [-0.39, 0.29) is 23.4 Å². The van der Waals surface area contributed by atoms with Crippen LogP contribution < -0.4 is 10.6 Å². The van der Waals surface area contributed by atoms with Crippen molar-refractivity contribution in [1.29, 1.82) is 0 Å². The highest BCUT2D eigenvalue weighted by Gasteiger charge is 2.34. The molecule has 7 nitrogen and oxygen atoms in total. The minimum absolute atomic E-state index is 0.0185. The molecule has 0 saturated heterocycles. The van der Waals surface area contributed by atoms with Gasteiger partial charge in [0, 0.05) is 19.2 Å². The number of ether oxygens (including phenoxy) is 1. The molecule has 0 radical (unpaired) electrons. The van der Waals surface area contributed by atoms with Crippen LogP contribution >= 0.6 is 38.9 Å². The summed E-state index contributed by atoms with van der Waals surface area (Å²) in [6.45, 7) is 4.89. The molecule has 0 aliphatic rings. The van der Waals surface area contributed by atoms with E-state index >= 15 is 0 Å². The summed E-state index contributed by atoms with van der Waals surface area (Å²) < 4.78 is 48.6. The number of aromatic nitrogens is 2. The maximum atomic E-state index is 13.6. The normalized spacial score (nSPS) is 12.8. The van der Waals surface area contributed by atoms with E-state index in [1.807, 2.05) is 0 Å². The first-order chi connectivity index (χ1) is 17.2. The molecule has 37 heavy (non-hydrogen) atoms. The van der Waals surface area contributed by atoms with Crippen LogP contribution in [0.15, 0.2) is 41.0 Å². The summed E-state index contributed by atoms with van der Waals surface area (Å²) in [7, 11) is 1.73. The molecule has 0 fully saturated rings. The Bertz CT molecular complexity index is 1270. The number of rotatable bonds is 7. The van der Waals surface area contributed by atoms with Gasteiger partial charge in [-0.2, -0.15) is 18.3 Å². The third-order valence-corrected chi connectivity index (χ3v) is 7.01. The van der Waals surface area contributed by atoms with Crippen LogP contribution in [0.1, 0.15) is 41.6 Å². The van der Waals surface area contributed by atoms with Crippen LogP contribution in [-0.4, -0.2) is 40.0 Å². The summed E-state index contributed by atoms with van der Waals surface area (Å²) >= 11 is 10.8. The monoisotopic (exact) mass is 620 g/mol. The van der Waals surface area contributed by atoms with E-state index in [9.17, 15) is 22.8 Å². The average molecular weight is 622 g/mol. The molecule has 0 bridgehead atoms. The molecule has 1 aromatic carbocycles. The van der Waals surface area contributed by atoms with Crippen molar-refractivity contribution in [2.24, 2.45) is 7.05 Å². The van der Waals surface area contributed by atoms with Gasteiger partial charge in [0.15, 0.2) is 0 Å². The molecular formula is C24H25BrClF3N4O3S. The highest BCUT2D eigenvalue weighted by atomic mass is 79.9. The van der Waals surface area contributed by atoms with Gasteiger partial charge in [-0.3, -0.25) is 9.48 Å². The van der Waals surface area contributed by atoms with Gasteiger partial charge in [-0.05, 0) is 60.8 Å². The summed E-state index contributed by atoms with van der Waals surface area (Å²) in [5.74, 6) is -0.545. The molecule has 0 saturated carbocycles. The number of nitrogens with one attached hydrogen (secondary N) is 2. The molecule has 0 aliphatic heterocycles. The number of carbonyl (C=O) groups excluding carboxylic acids is 2. The Morgan fingerprint density at radius 1 is 1.24 bits per heavy atom. The number of hydrogen-bond donors (Lipinski definition) is 2. The lowest BCUT2D eigenvalue weighted by Crippen LogP contribution is -2.46. The van der Waals surface area contributed by atoms with E-state index in [0.717, 1.165) is 17.4 Å². The number of nitrogens with zero attached hydrogens (tertiary/aromatic N) is 2. The second-order valence-corrected chi connectivity index (χ2v) is 11.7. The van der Waals surface area contributed by atoms with Crippen molar-refractivity contribution in [1.82, 2.24) is 20.4 Å². The standard InChI is InChI=1S/C24H25BrClF3N4O3S/c1-23(2,3)36-22(35)30-11-14(9-13-7-5-6-8-16(13)24(27,28)29)32-21(34)18-10-15(20(26)37-18)19-17(25)12-31-33(19)4/h5-8,10,12,14H,9,11H2,1-4H3,(H,30,35)(H,32,34)/t14-/m0/s1. The first-order valence-corrected chi connectivity index (χ1v) is 13.0. The molecule has 0 spiro atoms. The zero-order valence-electron chi connectivity index (χ0n) is 20.4. The fourth-order valence-electron chi connectivity index (χ4n) is 3.55. The Hall–Kier alpha value is -2.57. The van der Waals surface area contributed by atoms with Crippen molar-refractivity contribution in [3.05, 3.63) is 61.3 Å². The Balaban J connectivity index is 1.85. The molecular weight excluding hydrogens is 597 g/mol. The Morgan fingerprint density at radius 3 is 2.51 bits per heavy atom. The van der Waals surface area contributed by atoms with Crippen molar-refractivity contribution >= 4 is 50.9 Å². The van der Waals surface area contributed by atoms with Gasteiger partial charge in [0.25, 0.3) is 5.91 Å². The van der Waals surface area contributed by atoms with Gasteiger partial charge in [-0.15, -0.1) is 11.3 Å². The molecule has 3 rings (SSSR count). The minimum Gasteiger partial charge on any atom is -0.444 e. The van der Waals surface area contributed by atoms with E-state index in [1.165, 1.54) is 18.2 Å². The summed E-state index contributed by atoms with van der Waals surface area (Å²) in [6, 6.07) is 5.82. The molecule has 1 atom stereocenters. The highest BCUT2D eigenvalue weighted by molar-refractivity contribution is 9.10. The minimum atomic E-state index is -4.57. The van der Waals surface area contributed by atoms with Gasteiger partial charge in [0.1, 0.15) is 9.94 Å². The van der Waals surface area contributed by atoms with Crippen molar-refractivity contribution < 1.29 is 27.5 Å². The number of carbonyl (C=O) groups is 2. The Labute approximate surface area is 229 Å². The van der Waals surface area contributed by atoms with E-state index in [2.05, 4.69) is 31.7 Å². The number of thiophene rings is 1. The fourth-order valence-corrected chi connectivity index (χ4v) is 5.29.